The molecule has 0 fully saturated rings. The molecule has 198 valence electrons. The molecule has 1 N–H and O–H groups in total. The average molecular weight is 511 g/mol. The summed E-state index contributed by atoms with van der Waals surface area (Å²) in [6.07, 6.45) is 2.70. The molecular weight excluding hydrogens is 472 g/mol. The number of carbonyl (C=O) groups is 1. The Balaban J connectivity index is 1.62. The van der Waals surface area contributed by atoms with Gasteiger partial charge in [-0.25, -0.2) is 4.79 Å². The molecule has 5 heteroatoms. The van der Waals surface area contributed by atoms with Gasteiger partial charge in [0.2, 0.25) is 0 Å². The van der Waals surface area contributed by atoms with Crippen LogP contribution in [0.5, 0.6) is 5.75 Å². The standard InChI is InChI=1S/C33H38N2O3/c1-24-17-18-30(37-20-19-27-13-9-7-10-14-27)28(21-24)22-25(2)26(3)23-31(34-6)35-32(36)38-33(4,5)29-15-11-8-12-16-29/h7-18,21,23H,2,19-20,22H2,1,3-6H3,(H,34,35,36)/b26-23-. The lowest BCUT2D eigenvalue weighted by atomic mass is 9.98. The van der Waals surface area contributed by atoms with Crippen molar-refractivity contribution < 1.29 is 14.3 Å². The van der Waals surface area contributed by atoms with Crippen LogP contribution < -0.4 is 10.1 Å². The monoisotopic (exact) mass is 510 g/mol. The summed E-state index contributed by atoms with van der Waals surface area (Å²) >= 11 is 0. The van der Waals surface area contributed by atoms with Crippen LogP contribution in [-0.4, -0.2) is 25.6 Å². The molecule has 0 aliphatic rings. The highest BCUT2D eigenvalue weighted by molar-refractivity contribution is 6.03. The van der Waals surface area contributed by atoms with E-state index in [4.69, 9.17) is 9.47 Å². The number of amides is 1. The first kappa shape index (κ1) is 28.5. The smallest absolute Gasteiger partial charge is 0.413 e. The number of rotatable bonds is 10. The van der Waals surface area contributed by atoms with Crippen LogP contribution in [-0.2, 0) is 23.2 Å². The number of amidine groups is 1. The average Bonchev–Trinajstić information content (AvgIpc) is 2.90. The summed E-state index contributed by atoms with van der Waals surface area (Å²) in [6.45, 7) is 12.6. The Labute approximate surface area is 226 Å². The van der Waals surface area contributed by atoms with Crippen molar-refractivity contribution in [2.24, 2.45) is 4.99 Å². The van der Waals surface area contributed by atoms with Crippen molar-refractivity contribution in [3.05, 3.63) is 125 Å². The molecule has 1 amide bonds. The summed E-state index contributed by atoms with van der Waals surface area (Å²) < 4.78 is 11.8. The Morgan fingerprint density at radius 2 is 1.68 bits per heavy atom. The molecule has 0 saturated carbocycles. The van der Waals surface area contributed by atoms with Gasteiger partial charge in [0.1, 0.15) is 17.2 Å². The van der Waals surface area contributed by atoms with Crippen molar-refractivity contribution >= 4 is 11.9 Å². The third kappa shape index (κ3) is 8.48. The molecule has 0 aliphatic heterocycles. The van der Waals surface area contributed by atoms with Crippen molar-refractivity contribution in [2.75, 3.05) is 13.7 Å². The van der Waals surface area contributed by atoms with Crippen LogP contribution in [0.15, 0.2) is 108 Å². The van der Waals surface area contributed by atoms with E-state index in [2.05, 4.69) is 48.1 Å². The van der Waals surface area contributed by atoms with Gasteiger partial charge in [-0.1, -0.05) is 84.9 Å². The lowest BCUT2D eigenvalue weighted by Crippen LogP contribution is -2.36. The van der Waals surface area contributed by atoms with Crippen LogP contribution >= 0.6 is 0 Å². The minimum atomic E-state index is -0.783. The van der Waals surface area contributed by atoms with E-state index in [0.717, 1.165) is 40.0 Å². The van der Waals surface area contributed by atoms with Crippen molar-refractivity contribution in [1.82, 2.24) is 5.32 Å². The molecule has 0 radical (unpaired) electrons. The van der Waals surface area contributed by atoms with Crippen molar-refractivity contribution in [2.45, 2.75) is 46.1 Å². The van der Waals surface area contributed by atoms with Gasteiger partial charge in [0, 0.05) is 19.9 Å². The fraction of sp³-hybridized carbons (Fsp3) is 0.273. The predicted molar refractivity (Wildman–Crippen MR) is 156 cm³/mol. The molecule has 0 bridgehead atoms. The van der Waals surface area contributed by atoms with Crippen LogP contribution in [0.25, 0.3) is 0 Å². The van der Waals surface area contributed by atoms with Gasteiger partial charge in [0.25, 0.3) is 0 Å². The number of carbonyl (C=O) groups excluding carboxylic acids is 1. The van der Waals surface area contributed by atoms with Crippen LogP contribution in [0.4, 0.5) is 4.79 Å². The normalized spacial score (nSPS) is 12.1. The van der Waals surface area contributed by atoms with E-state index in [1.54, 1.807) is 7.05 Å². The molecule has 0 aliphatic carbocycles. The number of allylic oxidation sites excluding steroid dienone is 2. The SMILES string of the molecule is C=C(Cc1cc(C)ccc1OCCc1ccccc1)/C(C)=C\C(=NC)NC(=O)OC(C)(C)c1ccccc1. The number of nitrogens with zero attached hydrogens (tertiary/aromatic N) is 1. The lowest BCUT2D eigenvalue weighted by Gasteiger charge is -2.25. The Morgan fingerprint density at radius 3 is 2.34 bits per heavy atom. The quantitative estimate of drug-likeness (QED) is 0.176. The maximum atomic E-state index is 12.6. The fourth-order valence-electron chi connectivity index (χ4n) is 4.00. The van der Waals surface area contributed by atoms with E-state index in [-0.39, 0.29) is 0 Å². The van der Waals surface area contributed by atoms with Crippen LogP contribution in [0.1, 0.15) is 43.0 Å². The number of aliphatic imine (C=N–C) groups is 1. The minimum Gasteiger partial charge on any atom is -0.493 e. The van der Waals surface area contributed by atoms with Gasteiger partial charge in [-0.05, 0) is 67.7 Å². The van der Waals surface area contributed by atoms with E-state index in [9.17, 15) is 4.79 Å². The van der Waals surface area contributed by atoms with Gasteiger partial charge in [0.05, 0.1) is 6.61 Å². The van der Waals surface area contributed by atoms with Gasteiger partial charge in [0.15, 0.2) is 0 Å². The molecule has 0 heterocycles. The Bertz CT molecular complexity index is 1290. The van der Waals surface area contributed by atoms with Gasteiger partial charge in [-0.2, -0.15) is 0 Å². The number of ether oxygens (including phenoxy) is 2. The number of benzene rings is 3. The van der Waals surface area contributed by atoms with E-state index in [1.165, 1.54) is 5.56 Å². The predicted octanol–water partition coefficient (Wildman–Crippen LogP) is 7.35. The van der Waals surface area contributed by atoms with Crippen LogP contribution in [0.2, 0.25) is 0 Å². The van der Waals surface area contributed by atoms with Crippen molar-refractivity contribution in [3.8, 4) is 5.75 Å². The second kappa shape index (κ2) is 13.4. The Morgan fingerprint density at radius 1 is 1.03 bits per heavy atom. The fourth-order valence-corrected chi connectivity index (χ4v) is 4.00. The summed E-state index contributed by atoms with van der Waals surface area (Å²) in [6, 6.07) is 26.1. The Kier molecular flexibility index (Phi) is 10.1. The molecule has 3 aromatic carbocycles. The summed E-state index contributed by atoms with van der Waals surface area (Å²) in [4.78, 5) is 16.9. The van der Waals surface area contributed by atoms with Crippen LogP contribution in [0.3, 0.4) is 0 Å². The maximum absolute atomic E-state index is 12.6. The number of hydrogen-bond acceptors (Lipinski definition) is 4. The third-order valence-electron chi connectivity index (χ3n) is 6.31. The zero-order valence-corrected chi connectivity index (χ0v) is 23.1. The minimum absolute atomic E-state index is 0.404. The first-order valence-electron chi connectivity index (χ1n) is 12.8. The molecule has 0 saturated heterocycles. The Hall–Kier alpha value is -4.12. The third-order valence-corrected chi connectivity index (χ3v) is 6.31. The van der Waals surface area contributed by atoms with Gasteiger partial charge < -0.3 is 9.47 Å². The molecule has 0 aromatic heterocycles. The molecule has 5 nitrogen and oxygen atoms in total. The molecule has 0 unspecified atom stereocenters. The van der Waals surface area contributed by atoms with Gasteiger partial charge >= 0.3 is 6.09 Å². The van der Waals surface area contributed by atoms with E-state index >= 15 is 0 Å². The first-order valence-corrected chi connectivity index (χ1v) is 12.8. The van der Waals surface area contributed by atoms with E-state index in [0.29, 0.717) is 18.9 Å². The van der Waals surface area contributed by atoms with Gasteiger partial charge in [-0.15, -0.1) is 0 Å². The van der Waals surface area contributed by atoms with Crippen LogP contribution in [0, 0.1) is 6.92 Å². The number of aryl methyl sites for hydroxylation is 1. The number of hydrogen-bond donors (Lipinski definition) is 1. The zero-order valence-electron chi connectivity index (χ0n) is 23.1. The summed E-state index contributed by atoms with van der Waals surface area (Å²) in [5.74, 6) is 1.26. The summed E-state index contributed by atoms with van der Waals surface area (Å²) in [7, 11) is 1.63. The largest absolute Gasteiger partial charge is 0.493 e. The topological polar surface area (TPSA) is 59.9 Å². The molecule has 38 heavy (non-hydrogen) atoms. The highest BCUT2D eigenvalue weighted by atomic mass is 16.6. The molecule has 0 atom stereocenters. The molecule has 3 aromatic rings. The molecular formula is C33H38N2O3. The molecule has 3 rings (SSSR count). The summed E-state index contributed by atoms with van der Waals surface area (Å²) in [5.41, 5.74) is 5.41. The molecule has 0 spiro atoms. The lowest BCUT2D eigenvalue weighted by molar-refractivity contribution is 0.0398. The van der Waals surface area contributed by atoms with E-state index in [1.807, 2.05) is 81.4 Å². The second-order valence-electron chi connectivity index (χ2n) is 9.80. The van der Waals surface area contributed by atoms with Gasteiger partial charge in [-0.3, -0.25) is 10.3 Å². The first-order chi connectivity index (χ1) is 18.2. The number of nitrogens with one attached hydrogen (secondary N) is 1. The summed E-state index contributed by atoms with van der Waals surface area (Å²) in [5, 5.41) is 2.75. The van der Waals surface area contributed by atoms with Crippen molar-refractivity contribution in [1.29, 1.82) is 0 Å². The second-order valence-corrected chi connectivity index (χ2v) is 9.80. The highest BCUT2D eigenvalue weighted by Crippen LogP contribution is 2.26. The highest BCUT2D eigenvalue weighted by Gasteiger charge is 2.25. The van der Waals surface area contributed by atoms with E-state index < -0.39 is 11.7 Å². The maximum Gasteiger partial charge on any atom is 0.413 e. The number of alkyl carbamates (subject to hydrolysis) is 1. The van der Waals surface area contributed by atoms with Crippen molar-refractivity contribution in [3.63, 3.8) is 0 Å². The zero-order chi connectivity index (χ0) is 27.5.